The molecule has 0 saturated heterocycles. The van der Waals surface area contributed by atoms with Crippen LogP contribution in [-0.4, -0.2) is 25.2 Å². The average molecular weight is 383 g/mol. The molecule has 2 rings (SSSR count). The Morgan fingerprint density at radius 3 is 2.55 bits per heavy atom. The lowest BCUT2D eigenvalue weighted by Crippen LogP contribution is -2.42. The van der Waals surface area contributed by atoms with Crippen molar-refractivity contribution in [1.29, 1.82) is 0 Å². The summed E-state index contributed by atoms with van der Waals surface area (Å²) >= 11 is 9.16. The number of hydrogen-bond acceptors (Lipinski definition) is 3. The van der Waals surface area contributed by atoms with Gasteiger partial charge in [0, 0.05) is 10.5 Å². The van der Waals surface area contributed by atoms with Gasteiger partial charge in [-0.2, -0.15) is 0 Å². The Hall–Kier alpha value is -0.140. The lowest BCUT2D eigenvalue weighted by molar-refractivity contribution is 0.0163. The number of benzene rings is 1. The molecule has 1 fully saturated rings. The van der Waals surface area contributed by atoms with Crippen LogP contribution in [-0.2, 0) is 10.0 Å². The predicted octanol–water partition coefficient (Wildman–Crippen LogP) is 3.07. The molecular weight excluding hydrogens is 366 g/mol. The van der Waals surface area contributed by atoms with Crippen LogP contribution in [0, 0.1) is 0 Å². The van der Waals surface area contributed by atoms with Gasteiger partial charge in [0.25, 0.3) is 0 Å². The highest BCUT2D eigenvalue weighted by Gasteiger charge is 2.31. The molecule has 0 atom stereocenters. The Labute approximate surface area is 132 Å². The van der Waals surface area contributed by atoms with Crippen molar-refractivity contribution in [1.82, 2.24) is 4.72 Å². The third kappa shape index (κ3) is 3.95. The second kappa shape index (κ2) is 5.93. The highest BCUT2D eigenvalue weighted by Crippen LogP contribution is 2.29. The highest BCUT2D eigenvalue weighted by molar-refractivity contribution is 9.10. The van der Waals surface area contributed by atoms with Crippen LogP contribution in [0.1, 0.15) is 32.6 Å². The van der Waals surface area contributed by atoms with Gasteiger partial charge in [-0.05, 0) is 66.7 Å². The normalized spacial score (nSPS) is 27.5. The zero-order valence-electron chi connectivity index (χ0n) is 11.1. The topological polar surface area (TPSA) is 66.4 Å². The Bertz CT molecular complexity index is 594. The molecule has 0 aliphatic heterocycles. The lowest BCUT2D eigenvalue weighted by atomic mass is 9.84. The van der Waals surface area contributed by atoms with Gasteiger partial charge in [-0.3, -0.25) is 0 Å². The molecule has 1 aromatic carbocycles. The first-order valence-corrected chi connectivity index (χ1v) is 9.05. The van der Waals surface area contributed by atoms with Crippen LogP contribution in [0.15, 0.2) is 27.6 Å². The fourth-order valence-electron chi connectivity index (χ4n) is 2.29. The third-order valence-electron chi connectivity index (χ3n) is 3.59. The van der Waals surface area contributed by atoms with Crippen molar-refractivity contribution in [3.8, 4) is 0 Å². The van der Waals surface area contributed by atoms with E-state index in [0.717, 1.165) is 0 Å². The molecule has 0 amide bonds. The van der Waals surface area contributed by atoms with Crippen LogP contribution < -0.4 is 4.72 Å². The minimum absolute atomic E-state index is 0.136. The summed E-state index contributed by atoms with van der Waals surface area (Å²) in [6.45, 7) is 1.78. The molecule has 0 spiro atoms. The quantitative estimate of drug-likeness (QED) is 0.844. The van der Waals surface area contributed by atoms with Crippen molar-refractivity contribution in [3.63, 3.8) is 0 Å². The van der Waals surface area contributed by atoms with E-state index in [9.17, 15) is 13.5 Å². The van der Waals surface area contributed by atoms with Gasteiger partial charge in [-0.15, -0.1) is 0 Å². The molecular formula is C13H17BrClNO3S. The van der Waals surface area contributed by atoms with Gasteiger partial charge in [0.1, 0.15) is 0 Å². The summed E-state index contributed by atoms with van der Waals surface area (Å²) in [5.41, 5.74) is -0.678. The van der Waals surface area contributed by atoms with Gasteiger partial charge in [-0.25, -0.2) is 13.1 Å². The monoisotopic (exact) mass is 381 g/mol. The molecule has 1 aliphatic rings. The largest absolute Gasteiger partial charge is 0.390 e. The molecule has 1 aromatic rings. The van der Waals surface area contributed by atoms with E-state index in [1.165, 1.54) is 12.1 Å². The van der Waals surface area contributed by atoms with Crippen molar-refractivity contribution >= 4 is 37.6 Å². The van der Waals surface area contributed by atoms with E-state index in [-0.39, 0.29) is 10.9 Å². The van der Waals surface area contributed by atoms with Crippen LogP contribution in [0.5, 0.6) is 0 Å². The minimum Gasteiger partial charge on any atom is -0.390 e. The summed E-state index contributed by atoms with van der Waals surface area (Å²) in [7, 11) is -3.57. The van der Waals surface area contributed by atoms with Crippen molar-refractivity contribution in [2.24, 2.45) is 0 Å². The second-order valence-electron chi connectivity index (χ2n) is 5.47. The SMILES string of the molecule is CC1(O)CCC(NS(=O)(=O)c2ccc(Br)c(Cl)c2)CC1. The van der Waals surface area contributed by atoms with Crippen LogP contribution in [0.2, 0.25) is 5.02 Å². The Morgan fingerprint density at radius 2 is 2.00 bits per heavy atom. The number of rotatable bonds is 3. The number of aliphatic hydroxyl groups is 1. The summed E-state index contributed by atoms with van der Waals surface area (Å²) in [6, 6.07) is 4.41. The molecule has 4 nitrogen and oxygen atoms in total. The third-order valence-corrected chi connectivity index (χ3v) is 6.34. The summed E-state index contributed by atoms with van der Waals surface area (Å²) < 4.78 is 27.9. The molecule has 1 saturated carbocycles. The van der Waals surface area contributed by atoms with E-state index >= 15 is 0 Å². The van der Waals surface area contributed by atoms with Crippen molar-refractivity contribution in [2.75, 3.05) is 0 Å². The lowest BCUT2D eigenvalue weighted by Gasteiger charge is -2.33. The van der Waals surface area contributed by atoms with Crippen LogP contribution >= 0.6 is 27.5 Å². The molecule has 112 valence electrons. The molecule has 7 heteroatoms. The molecule has 0 unspecified atom stereocenters. The molecule has 2 N–H and O–H groups in total. The van der Waals surface area contributed by atoms with Gasteiger partial charge >= 0.3 is 0 Å². The van der Waals surface area contributed by atoms with E-state index < -0.39 is 15.6 Å². The zero-order chi connectivity index (χ0) is 15.0. The van der Waals surface area contributed by atoms with Gasteiger partial charge in [0.2, 0.25) is 10.0 Å². The Balaban J connectivity index is 2.10. The standard InChI is InChI=1S/C13H17BrClNO3S/c1-13(17)6-4-9(5-7-13)16-20(18,19)10-2-3-11(14)12(15)8-10/h2-3,8-9,16-17H,4-7H2,1H3. The average Bonchev–Trinajstić information content (AvgIpc) is 2.35. The molecule has 0 aromatic heterocycles. The molecule has 0 heterocycles. The smallest absolute Gasteiger partial charge is 0.240 e. The van der Waals surface area contributed by atoms with E-state index in [4.69, 9.17) is 11.6 Å². The maximum atomic E-state index is 12.3. The number of hydrogen-bond donors (Lipinski definition) is 2. The van der Waals surface area contributed by atoms with Crippen LogP contribution in [0.4, 0.5) is 0 Å². The first-order valence-electron chi connectivity index (χ1n) is 6.39. The number of sulfonamides is 1. The summed E-state index contributed by atoms with van der Waals surface area (Å²) in [5, 5.41) is 10.2. The fraction of sp³-hybridized carbons (Fsp3) is 0.538. The first-order chi connectivity index (χ1) is 9.20. The van der Waals surface area contributed by atoms with E-state index in [2.05, 4.69) is 20.7 Å². The summed E-state index contributed by atoms with van der Waals surface area (Å²) in [4.78, 5) is 0.156. The van der Waals surface area contributed by atoms with E-state index in [1.807, 2.05) is 0 Å². The maximum absolute atomic E-state index is 12.3. The van der Waals surface area contributed by atoms with Crippen molar-refractivity contribution < 1.29 is 13.5 Å². The Morgan fingerprint density at radius 1 is 1.40 bits per heavy atom. The minimum atomic E-state index is -3.57. The fourth-order valence-corrected chi connectivity index (χ4v) is 4.11. The predicted molar refractivity (Wildman–Crippen MR) is 82.4 cm³/mol. The van der Waals surface area contributed by atoms with Crippen molar-refractivity contribution in [2.45, 2.75) is 49.1 Å². The molecule has 0 radical (unpaired) electrons. The van der Waals surface area contributed by atoms with Gasteiger partial charge in [-0.1, -0.05) is 11.6 Å². The highest BCUT2D eigenvalue weighted by atomic mass is 79.9. The molecule has 1 aliphatic carbocycles. The van der Waals surface area contributed by atoms with Gasteiger partial charge < -0.3 is 5.11 Å². The summed E-state index contributed by atoms with van der Waals surface area (Å²) in [5.74, 6) is 0. The van der Waals surface area contributed by atoms with E-state index in [1.54, 1.807) is 13.0 Å². The van der Waals surface area contributed by atoms with E-state index in [0.29, 0.717) is 35.2 Å². The number of halogens is 2. The van der Waals surface area contributed by atoms with Crippen LogP contribution in [0.25, 0.3) is 0 Å². The Kier molecular flexibility index (Phi) is 4.81. The number of nitrogens with one attached hydrogen (secondary N) is 1. The van der Waals surface area contributed by atoms with Gasteiger partial charge in [0.05, 0.1) is 15.5 Å². The zero-order valence-corrected chi connectivity index (χ0v) is 14.2. The summed E-state index contributed by atoms with van der Waals surface area (Å²) in [6.07, 6.45) is 2.47. The van der Waals surface area contributed by atoms with Gasteiger partial charge in [0.15, 0.2) is 0 Å². The second-order valence-corrected chi connectivity index (χ2v) is 8.44. The molecule has 0 bridgehead atoms. The van der Waals surface area contributed by atoms with Crippen molar-refractivity contribution in [3.05, 3.63) is 27.7 Å². The maximum Gasteiger partial charge on any atom is 0.240 e. The first kappa shape index (κ1) is 16.2. The van der Waals surface area contributed by atoms with Crippen LogP contribution in [0.3, 0.4) is 0 Å². The molecule has 20 heavy (non-hydrogen) atoms.